The van der Waals surface area contributed by atoms with Crippen LogP contribution in [0.5, 0.6) is 0 Å². The topological polar surface area (TPSA) is 117 Å². The maximum Gasteiger partial charge on any atom is 0.267 e. The molecule has 160 valence electrons. The minimum Gasteiger partial charge on any atom is -0.321 e. The highest BCUT2D eigenvalue weighted by Crippen LogP contribution is 2.24. The van der Waals surface area contributed by atoms with E-state index < -0.39 is 11.5 Å². The molecule has 10 heteroatoms. The Balaban J connectivity index is 1.49. The lowest BCUT2D eigenvalue weighted by atomic mass is 10.2. The Kier molecular flexibility index (Phi) is 6.11. The molecule has 32 heavy (non-hydrogen) atoms. The van der Waals surface area contributed by atoms with Crippen molar-refractivity contribution in [3.05, 3.63) is 92.3 Å². The molecule has 3 N–H and O–H groups in total. The number of rotatable bonds is 5. The third-order valence-corrected chi connectivity index (χ3v) is 5.74. The van der Waals surface area contributed by atoms with Gasteiger partial charge in [0, 0.05) is 22.5 Å². The number of amides is 2. The van der Waals surface area contributed by atoms with Gasteiger partial charge in [0.15, 0.2) is 5.13 Å². The second kappa shape index (κ2) is 9.13. The van der Waals surface area contributed by atoms with Crippen molar-refractivity contribution in [1.82, 2.24) is 15.0 Å². The molecular weight excluding hydrogens is 450 g/mol. The molecule has 0 radical (unpaired) electrons. The number of aromatic amines is 1. The van der Waals surface area contributed by atoms with Gasteiger partial charge in [-0.2, -0.15) is 0 Å². The molecule has 0 saturated heterocycles. The van der Waals surface area contributed by atoms with Crippen molar-refractivity contribution in [2.45, 2.75) is 6.92 Å². The summed E-state index contributed by atoms with van der Waals surface area (Å²) in [6.07, 6.45) is 1.20. The second-order valence-corrected chi connectivity index (χ2v) is 8.12. The number of benzene rings is 2. The largest absolute Gasteiger partial charge is 0.321 e. The number of hydrogen-bond donors (Lipinski definition) is 3. The lowest BCUT2D eigenvalue weighted by Crippen LogP contribution is -2.24. The number of aryl methyl sites for hydroxylation is 1. The summed E-state index contributed by atoms with van der Waals surface area (Å²) in [7, 11) is 0. The van der Waals surface area contributed by atoms with Crippen LogP contribution in [0.3, 0.4) is 0 Å². The molecule has 0 bridgehead atoms. The standard InChI is InChI=1S/C22H16ClN5O3S/c1-12-17(21(31)26-15-5-3-2-4-6-15)32-22(25-12)28-20(30)16-11-24-18(27-19(16)29)13-7-9-14(23)10-8-13/h2-11H,1H3,(H,26,31)(H,24,27,29)(H,25,28,30). The number of halogens is 1. The van der Waals surface area contributed by atoms with E-state index in [-0.39, 0.29) is 16.6 Å². The van der Waals surface area contributed by atoms with Crippen LogP contribution in [0.25, 0.3) is 11.4 Å². The highest BCUT2D eigenvalue weighted by molar-refractivity contribution is 7.17. The Morgan fingerprint density at radius 1 is 1.00 bits per heavy atom. The molecule has 4 rings (SSSR count). The van der Waals surface area contributed by atoms with Crippen LogP contribution in [-0.2, 0) is 0 Å². The lowest BCUT2D eigenvalue weighted by Gasteiger charge is -2.04. The van der Waals surface area contributed by atoms with Crippen LogP contribution in [0.2, 0.25) is 5.02 Å². The summed E-state index contributed by atoms with van der Waals surface area (Å²) in [6, 6.07) is 15.8. The van der Waals surface area contributed by atoms with Crippen LogP contribution in [0.15, 0.2) is 65.6 Å². The third kappa shape index (κ3) is 4.74. The van der Waals surface area contributed by atoms with Gasteiger partial charge in [-0.25, -0.2) is 9.97 Å². The number of para-hydroxylation sites is 1. The van der Waals surface area contributed by atoms with Crippen molar-refractivity contribution in [1.29, 1.82) is 0 Å². The monoisotopic (exact) mass is 465 g/mol. The van der Waals surface area contributed by atoms with Crippen molar-refractivity contribution in [2.75, 3.05) is 10.6 Å². The number of hydrogen-bond acceptors (Lipinski definition) is 6. The molecule has 0 fully saturated rings. The van der Waals surface area contributed by atoms with Gasteiger partial charge in [0.2, 0.25) is 0 Å². The summed E-state index contributed by atoms with van der Waals surface area (Å²) in [4.78, 5) is 48.9. The minimum absolute atomic E-state index is 0.175. The Hall–Kier alpha value is -3.82. The van der Waals surface area contributed by atoms with E-state index in [0.717, 1.165) is 11.3 Å². The van der Waals surface area contributed by atoms with Crippen LogP contribution in [0.1, 0.15) is 25.7 Å². The van der Waals surface area contributed by atoms with Gasteiger partial charge in [0.25, 0.3) is 17.4 Å². The summed E-state index contributed by atoms with van der Waals surface area (Å²) in [5.74, 6) is -0.697. The average Bonchev–Trinajstić information content (AvgIpc) is 3.14. The van der Waals surface area contributed by atoms with Crippen molar-refractivity contribution < 1.29 is 9.59 Å². The Labute approximate surface area is 191 Å². The van der Waals surface area contributed by atoms with Crippen LogP contribution in [-0.4, -0.2) is 26.8 Å². The van der Waals surface area contributed by atoms with Gasteiger partial charge < -0.3 is 10.3 Å². The molecule has 0 unspecified atom stereocenters. The van der Waals surface area contributed by atoms with Crippen molar-refractivity contribution in [3.8, 4) is 11.4 Å². The Bertz CT molecular complexity index is 1350. The minimum atomic E-state index is -0.676. The van der Waals surface area contributed by atoms with E-state index in [2.05, 4.69) is 25.6 Å². The number of nitrogens with zero attached hydrogens (tertiary/aromatic N) is 2. The second-order valence-electron chi connectivity index (χ2n) is 6.69. The molecule has 2 amide bonds. The average molecular weight is 466 g/mol. The van der Waals surface area contributed by atoms with Crippen molar-refractivity contribution in [2.24, 2.45) is 0 Å². The summed E-state index contributed by atoms with van der Waals surface area (Å²) in [5.41, 5.74) is 0.991. The molecule has 4 aromatic rings. The molecule has 0 aliphatic heterocycles. The van der Waals surface area contributed by atoms with E-state index in [4.69, 9.17) is 11.6 Å². The smallest absolute Gasteiger partial charge is 0.267 e. The fourth-order valence-electron chi connectivity index (χ4n) is 2.85. The first-order chi connectivity index (χ1) is 15.4. The predicted molar refractivity (Wildman–Crippen MR) is 125 cm³/mol. The van der Waals surface area contributed by atoms with Crippen LogP contribution < -0.4 is 16.2 Å². The summed E-state index contributed by atoms with van der Waals surface area (Å²) in [5, 5.41) is 6.09. The molecule has 0 aliphatic carbocycles. The van der Waals surface area contributed by atoms with E-state index in [1.54, 1.807) is 43.3 Å². The molecule has 2 aromatic carbocycles. The summed E-state index contributed by atoms with van der Waals surface area (Å²) >= 11 is 6.89. The summed E-state index contributed by atoms with van der Waals surface area (Å²) < 4.78 is 0. The fraction of sp³-hybridized carbons (Fsp3) is 0.0455. The zero-order valence-corrected chi connectivity index (χ0v) is 18.3. The van der Waals surface area contributed by atoms with Gasteiger partial charge in [-0.15, -0.1) is 0 Å². The van der Waals surface area contributed by atoms with E-state index in [1.807, 2.05) is 18.2 Å². The van der Waals surface area contributed by atoms with E-state index >= 15 is 0 Å². The van der Waals surface area contributed by atoms with E-state index in [0.29, 0.717) is 32.7 Å². The number of thiazole rings is 1. The first kappa shape index (κ1) is 21.4. The first-order valence-electron chi connectivity index (χ1n) is 9.41. The fourth-order valence-corrected chi connectivity index (χ4v) is 3.83. The number of anilines is 2. The van der Waals surface area contributed by atoms with Crippen LogP contribution in [0, 0.1) is 6.92 Å². The predicted octanol–water partition coefficient (Wildman–Crippen LogP) is 4.36. The number of carbonyl (C=O) groups is 2. The maximum absolute atomic E-state index is 12.6. The van der Waals surface area contributed by atoms with E-state index in [1.165, 1.54) is 6.20 Å². The molecule has 2 heterocycles. The van der Waals surface area contributed by atoms with Gasteiger partial charge in [-0.05, 0) is 43.3 Å². The maximum atomic E-state index is 12.6. The number of carbonyl (C=O) groups excluding carboxylic acids is 2. The Morgan fingerprint density at radius 3 is 2.41 bits per heavy atom. The third-order valence-electron chi connectivity index (χ3n) is 4.42. The molecule has 0 saturated carbocycles. The number of H-pyrrole nitrogens is 1. The summed E-state index contributed by atoms with van der Waals surface area (Å²) in [6.45, 7) is 1.67. The molecule has 0 spiro atoms. The number of aromatic nitrogens is 3. The van der Waals surface area contributed by atoms with Gasteiger partial charge in [0.1, 0.15) is 16.3 Å². The van der Waals surface area contributed by atoms with Gasteiger partial charge in [-0.3, -0.25) is 19.7 Å². The SMILES string of the molecule is Cc1nc(NC(=O)c2cnc(-c3ccc(Cl)cc3)[nH]c2=O)sc1C(=O)Nc1ccccc1. The molecule has 0 atom stereocenters. The van der Waals surface area contributed by atoms with Gasteiger partial charge in [-0.1, -0.05) is 41.1 Å². The van der Waals surface area contributed by atoms with Crippen molar-refractivity contribution >= 4 is 45.6 Å². The number of nitrogens with one attached hydrogen (secondary N) is 3. The molecule has 8 nitrogen and oxygen atoms in total. The normalized spacial score (nSPS) is 10.6. The molecular formula is C22H16ClN5O3S. The zero-order chi connectivity index (χ0) is 22.7. The highest BCUT2D eigenvalue weighted by Gasteiger charge is 2.19. The molecule has 0 aliphatic rings. The molecule has 2 aromatic heterocycles. The van der Waals surface area contributed by atoms with Crippen molar-refractivity contribution in [3.63, 3.8) is 0 Å². The quantitative estimate of drug-likeness (QED) is 0.405. The van der Waals surface area contributed by atoms with Crippen LogP contribution in [0.4, 0.5) is 10.8 Å². The lowest BCUT2D eigenvalue weighted by molar-refractivity contribution is 0.101. The van der Waals surface area contributed by atoms with E-state index in [9.17, 15) is 14.4 Å². The Morgan fingerprint density at radius 2 is 1.72 bits per heavy atom. The zero-order valence-electron chi connectivity index (χ0n) is 16.7. The van der Waals surface area contributed by atoms with Gasteiger partial charge >= 0.3 is 0 Å². The van der Waals surface area contributed by atoms with Crippen LogP contribution >= 0.6 is 22.9 Å². The highest BCUT2D eigenvalue weighted by atomic mass is 35.5. The first-order valence-corrected chi connectivity index (χ1v) is 10.6. The van der Waals surface area contributed by atoms with Gasteiger partial charge in [0.05, 0.1) is 5.69 Å².